The van der Waals surface area contributed by atoms with Crippen molar-refractivity contribution in [3.05, 3.63) is 53.6 Å². The Hall–Kier alpha value is -3.22. The molecule has 7 heteroatoms. The van der Waals surface area contributed by atoms with E-state index in [0.717, 1.165) is 17.7 Å². The molecule has 0 atom stereocenters. The molecule has 0 bridgehead atoms. The van der Waals surface area contributed by atoms with Crippen LogP contribution in [0.3, 0.4) is 0 Å². The van der Waals surface area contributed by atoms with Gasteiger partial charge in [-0.1, -0.05) is 12.1 Å². The average molecular weight is 412 g/mol. The summed E-state index contributed by atoms with van der Waals surface area (Å²) in [5.74, 6) is 1.88. The lowest BCUT2D eigenvalue weighted by atomic mass is 10.1. The van der Waals surface area contributed by atoms with Gasteiger partial charge in [-0.25, -0.2) is 0 Å². The van der Waals surface area contributed by atoms with Gasteiger partial charge in [0, 0.05) is 31.7 Å². The predicted molar refractivity (Wildman–Crippen MR) is 113 cm³/mol. The normalized spacial score (nSPS) is 14.1. The number of carbonyl (C=O) groups excluding carboxylic acids is 2. The molecular weight excluding hydrogens is 384 g/mol. The second-order valence-corrected chi connectivity index (χ2v) is 7.12. The molecule has 160 valence electrons. The van der Waals surface area contributed by atoms with Crippen molar-refractivity contribution in [2.75, 3.05) is 47.5 Å². The maximum atomic E-state index is 13.0. The molecule has 0 unspecified atom stereocenters. The van der Waals surface area contributed by atoms with Gasteiger partial charge < -0.3 is 24.0 Å². The van der Waals surface area contributed by atoms with Gasteiger partial charge in [-0.05, 0) is 42.3 Å². The Balaban J connectivity index is 1.61. The summed E-state index contributed by atoms with van der Waals surface area (Å²) < 4.78 is 15.7. The average Bonchev–Trinajstić information content (AvgIpc) is 3.05. The molecule has 3 rings (SSSR count). The molecule has 1 aliphatic heterocycles. The minimum Gasteiger partial charge on any atom is -0.497 e. The van der Waals surface area contributed by atoms with Crippen molar-refractivity contribution in [3.8, 4) is 17.2 Å². The molecule has 0 spiro atoms. The van der Waals surface area contributed by atoms with Gasteiger partial charge in [-0.3, -0.25) is 9.59 Å². The zero-order valence-corrected chi connectivity index (χ0v) is 17.7. The Morgan fingerprint density at radius 2 is 1.47 bits per heavy atom. The van der Waals surface area contributed by atoms with Gasteiger partial charge in [0.15, 0.2) is 11.5 Å². The first kappa shape index (κ1) is 21.5. The fourth-order valence-corrected chi connectivity index (χ4v) is 3.55. The van der Waals surface area contributed by atoms with Gasteiger partial charge in [-0.2, -0.15) is 0 Å². The van der Waals surface area contributed by atoms with Crippen LogP contribution < -0.4 is 14.2 Å². The highest BCUT2D eigenvalue weighted by molar-refractivity contribution is 5.95. The molecule has 7 nitrogen and oxygen atoms in total. The number of methoxy groups -OCH3 is 3. The van der Waals surface area contributed by atoms with E-state index < -0.39 is 0 Å². The highest BCUT2D eigenvalue weighted by atomic mass is 16.5. The Bertz CT molecular complexity index is 882. The van der Waals surface area contributed by atoms with Crippen molar-refractivity contribution < 1.29 is 23.8 Å². The second-order valence-electron chi connectivity index (χ2n) is 7.12. The smallest absolute Gasteiger partial charge is 0.254 e. The summed E-state index contributed by atoms with van der Waals surface area (Å²) in [5, 5.41) is 0. The molecule has 0 saturated carbocycles. The lowest BCUT2D eigenvalue weighted by Gasteiger charge is -2.22. The molecule has 1 fully saturated rings. The van der Waals surface area contributed by atoms with Gasteiger partial charge in [0.1, 0.15) is 5.75 Å². The summed E-state index contributed by atoms with van der Waals surface area (Å²) in [6.45, 7) is 2.28. The van der Waals surface area contributed by atoms with E-state index in [-0.39, 0.29) is 11.8 Å². The van der Waals surface area contributed by atoms with Crippen LogP contribution in [0.25, 0.3) is 0 Å². The molecule has 1 saturated heterocycles. The molecule has 0 aliphatic carbocycles. The van der Waals surface area contributed by atoms with Gasteiger partial charge in [-0.15, -0.1) is 0 Å². The van der Waals surface area contributed by atoms with E-state index in [1.807, 2.05) is 29.2 Å². The molecule has 0 N–H and O–H groups in total. The molecule has 2 aromatic rings. The van der Waals surface area contributed by atoms with Crippen molar-refractivity contribution in [3.63, 3.8) is 0 Å². The number of hydrogen-bond donors (Lipinski definition) is 0. The van der Waals surface area contributed by atoms with Gasteiger partial charge in [0.2, 0.25) is 5.91 Å². The number of benzene rings is 2. The highest BCUT2D eigenvalue weighted by Gasteiger charge is 2.23. The monoisotopic (exact) mass is 412 g/mol. The summed E-state index contributed by atoms with van der Waals surface area (Å²) in [4.78, 5) is 29.3. The van der Waals surface area contributed by atoms with Crippen LogP contribution in [-0.4, -0.2) is 69.1 Å². The van der Waals surface area contributed by atoms with Crippen LogP contribution in [0.5, 0.6) is 17.2 Å². The molecule has 2 amide bonds. The van der Waals surface area contributed by atoms with Crippen molar-refractivity contribution in [2.24, 2.45) is 0 Å². The van der Waals surface area contributed by atoms with E-state index in [0.29, 0.717) is 49.7 Å². The maximum absolute atomic E-state index is 13.0. The third kappa shape index (κ3) is 5.03. The standard InChI is InChI=1S/C23H28N2O5/c1-28-19-8-5-17(6-9-19)15-22(26)24-11-4-12-25(14-13-24)23(27)18-7-10-20(29-2)21(16-18)30-3/h5-10,16H,4,11-15H2,1-3H3. The third-order valence-electron chi connectivity index (χ3n) is 5.28. The van der Waals surface area contributed by atoms with Crippen LogP contribution in [0.1, 0.15) is 22.3 Å². The lowest BCUT2D eigenvalue weighted by Crippen LogP contribution is -2.38. The first-order valence-corrected chi connectivity index (χ1v) is 9.97. The number of rotatable bonds is 6. The summed E-state index contributed by atoms with van der Waals surface area (Å²) in [5.41, 5.74) is 1.49. The Morgan fingerprint density at radius 1 is 0.800 bits per heavy atom. The Kier molecular flexibility index (Phi) is 7.17. The van der Waals surface area contributed by atoms with Crippen LogP contribution in [-0.2, 0) is 11.2 Å². The summed E-state index contributed by atoms with van der Waals surface area (Å²) in [6.07, 6.45) is 1.08. The first-order chi connectivity index (χ1) is 14.5. The molecule has 30 heavy (non-hydrogen) atoms. The minimum atomic E-state index is -0.0691. The third-order valence-corrected chi connectivity index (χ3v) is 5.28. The van der Waals surface area contributed by atoms with Gasteiger partial charge in [0.05, 0.1) is 27.8 Å². The van der Waals surface area contributed by atoms with Crippen molar-refractivity contribution >= 4 is 11.8 Å². The molecular formula is C23H28N2O5. The van der Waals surface area contributed by atoms with Crippen molar-refractivity contribution in [2.45, 2.75) is 12.8 Å². The molecule has 1 heterocycles. The zero-order chi connectivity index (χ0) is 21.5. The number of carbonyl (C=O) groups is 2. The lowest BCUT2D eigenvalue weighted by molar-refractivity contribution is -0.130. The summed E-state index contributed by atoms with van der Waals surface area (Å²) >= 11 is 0. The maximum Gasteiger partial charge on any atom is 0.254 e. The number of hydrogen-bond acceptors (Lipinski definition) is 5. The predicted octanol–water partition coefficient (Wildman–Crippen LogP) is 2.63. The summed E-state index contributed by atoms with van der Waals surface area (Å²) in [6, 6.07) is 12.7. The van der Waals surface area contributed by atoms with E-state index in [2.05, 4.69) is 0 Å². The van der Waals surface area contributed by atoms with Crippen LogP contribution in [0, 0.1) is 0 Å². The molecule has 2 aromatic carbocycles. The number of nitrogens with zero attached hydrogens (tertiary/aromatic N) is 2. The van der Waals surface area contributed by atoms with Gasteiger partial charge >= 0.3 is 0 Å². The molecule has 0 aromatic heterocycles. The van der Waals surface area contributed by atoms with Crippen LogP contribution >= 0.6 is 0 Å². The van der Waals surface area contributed by atoms with Crippen LogP contribution in [0.2, 0.25) is 0 Å². The fourth-order valence-electron chi connectivity index (χ4n) is 3.55. The minimum absolute atomic E-state index is 0.0691. The van der Waals surface area contributed by atoms with E-state index in [9.17, 15) is 9.59 Å². The van der Waals surface area contributed by atoms with Crippen LogP contribution in [0.15, 0.2) is 42.5 Å². The highest BCUT2D eigenvalue weighted by Crippen LogP contribution is 2.28. The van der Waals surface area contributed by atoms with E-state index in [1.54, 1.807) is 44.4 Å². The van der Waals surface area contributed by atoms with E-state index >= 15 is 0 Å². The second kappa shape index (κ2) is 10.0. The molecule has 1 aliphatic rings. The summed E-state index contributed by atoms with van der Waals surface area (Å²) in [7, 11) is 4.72. The number of ether oxygens (including phenoxy) is 3. The van der Waals surface area contributed by atoms with E-state index in [4.69, 9.17) is 14.2 Å². The van der Waals surface area contributed by atoms with Crippen LogP contribution in [0.4, 0.5) is 0 Å². The van der Waals surface area contributed by atoms with E-state index in [1.165, 1.54) is 0 Å². The van der Waals surface area contributed by atoms with Crippen molar-refractivity contribution in [1.29, 1.82) is 0 Å². The Morgan fingerprint density at radius 3 is 2.13 bits per heavy atom. The first-order valence-electron chi connectivity index (χ1n) is 9.97. The SMILES string of the molecule is COc1ccc(CC(=O)N2CCCN(C(=O)c3ccc(OC)c(OC)c3)CC2)cc1. The largest absolute Gasteiger partial charge is 0.497 e. The fraction of sp³-hybridized carbons (Fsp3) is 0.391. The topological polar surface area (TPSA) is 68.3 Å². The molecule has 0 radical (unpaired) electrons. The van der Waals surface area contributed by atoms with Gasteiger partial charge in [0.25, 0.3) is 5.91 Å². The zero-order valence-electron chi connectivity index (χ0n) is 17.7. The number of amides is 2. The van der Waals surface area contributed by atoms with Crippen molar-refractivity contribution in [1.82, 2.24) is 9.80 Å². The quantitative estimate of drug-likeness (QED) is 0.730. The Labute approximate surface area is 177 Å².